The van der Waals surface area contributed by atoms with Crippen molar-refractivity contribution in [1.82, 2.24) is 5.32 Å². The lowest BCUT2D eigenvalue weighted by atomic mass is 10.1. The third-order valence-corrected chi connectivity index (χ3v) is 2.93. The van der Waals surface area contributed by atoms with Crippen LogP contribution in [0.15, 0.2) is 18.2 Å². The Bertz CT molecular complexity index is 341. The molecule has 0 aliphatic heterocycles. The Labute approximate surface area is 96.8 Å². The lowest BCUT2D eigenvalue weighted by molar-refractivity contribution is 0.0882. The van der Waals surface area contributed by atoms with Crippen LogP contribution in [-0.4, -0.2) is 19.3 Å². The molecule has 1 N–H and O–H groups in total. The van der Waals surface area contributed by atoms with E-state index in [1.54, 1.807) is 20.1 Å². The van der Waals surface area contributed by atoms with E-state index in [0.29, 0.717) is 5.56 Å². The molecule has 3 heteroatoms. The van der Waals surface area contributed by atoms with Gasteiger partial charge in [-0.3, -0.25) is 0 Å². The molecule has 0 aliphatic rings. The average Bonchev–Trinajstić information content (AvgIpc) is 2.29. The van der Waals surface area contributed by atoms with Crippen LogP contribution in [0.4, 0.5) is 4.39 Å². The summed E-state index contributed by atoms with van der Waals surface area (Å²) in [7, 11) is 1.70. The van der Waals surface area contributed by atoms with Gasteiger partial charge in [0.25, 0.3) is 0 Å². The number of methoxy groups -OCH3 is 1. The molecule has 0 radical (unpaired) electrons. The monoisotopic (exact) mass is 225 g/mol. The van der Waals surface area contributed by atoms with Crippen LogP contribution < -0.4 is 5.32 Å². The van der Waals surface area contributed by atoms with Crippen molar-refractivity contribution in [2.75, 3.05) is 7.11 Å². The average molecular weight is 225 g/mol. The van der Waals surface area contributed by atoms with E-state index in [4.69, 9.17) is 4.74 Å². The lowest BCUT2D eigenvalue weighted by Gasteiger charge is -2.20. The Morgan fingerprint density at radius 1 is 1.38 bits per heavy atom. The lowest BCUT2D eigenvalue weighted by Crippen LogP contribution is -2.36. The molecule has 16 heavy (non-hydrogen) atoms. The van der Waals surface area contributed by atoms with Crippen molar-refractivity contribution in [2.24, 2.45) is 0 Å². The summed E-state index contributed by atoms with van der Waals surface area (Å²) in [5.74, 6) is -0.151. The molecule has 90 valence electrons. The molecule has 1 rings (SSSR count). The molecule has 2 nitrogen and oxygen atoms in total. The Morgan fingerprint density at radius 2 is 2.06 bits per heavy atom. The molecule has 0 aliphatic carbocycles. The van der Waals surface area contributed by atoms with Crippen LogP contribution in [0.25, 0.3) is 0 Å². The maximum Gasteiger partial charge on any atom is 0.126 e. The Hall–Kier alpha value is -0.930. The van der Waals surface area contributed by atoms with Crippen LogP contribution >= 0.6 is 0 Å². The molecule has 1 aromatic rings. The number of rotatable bonds is 5. The van der Waals surface area contributed by atoms with Crippen molar-refractivity contribution >= 4 is 0 Å². The molecule has 2 unspecified atom stereocenters. The van der Waals surface area contributed by atoms with Crippen molar-refractivity contribution in [2.45, 2.75) is 39.5 Å². The second-order valence-electron chi connectivity index (χ2n) is 4.19. The Morgan fingerprint density at radius 3 is 2.62 bits per heavy atom. The van der Waals surface area contributed by atoms with Crippen LogP contribution in [0.5, 0.6) is 0 Å². The quantitative estimate of drug-likeness (QED) is 0.831. The van der Waals surface area contributed by atoms with E-state index in [1.807, 2.05) is 13.0 Å². The highest BCUT2D eigenvalue weighted by Crippen LogP contribution is 2.09. The zero-order valence-electron chi connectivity index (χ0n) is 10.4. The normalized spacial score (nSPS) is 14.8. The van der Waals surface area contributed by atoms with E-state index in [-0.39, 0.29) is 18.0 Å². The predicted octanol–water partition coefficient (Wildman–Crippen LogP) is 2.65. The molecule has 0 heterocycles. The van der Waals surface area contributed by atoms with Gasteiger partial charge in [0.05, 0.1) is 6.10 Å². The van der Waals surface area contributed by atoms with E-state index in [9.17, 15) is 4.39 Å². The van der Waals surface area contributed by atoms with E-state index >= 15 is 0 Å². The van der Waals surface area contributed by atoms with Gasteiger partial charge in [-0.15, -0.1) is 0 Å². The summed E-state index contributed by atoms with van der Waals surface area (Å²) in [6, 6.07) is 5.46. The van der Waals surface area contributed by atoms with Crippen molar-refractivity contribution < 1.29 is 9.13 Å². The topological polar surface area (TPSA) is 21.3 Å². The summed E-state index contributed by atoms with van der Waals surface area (Å²) in [5.41, 5.74) is 1.78. The van der Waals surface area contributed by atoms with Crippen molar-refractivity contribution in [3.63, 3.8) is 0 Å². The van der Waals surface area contributed by atoms with Gasteiger partial charge < -0.3 is 10.1 Å². The standard InChI is InChI=1S/C13H20FNO/c1-9-7-12(5-6-13(9)14)8-15-10(2)11(3)16-4/h5-7,10-11,15H,8H2,1-4H3. The first kappa shape index (κ1) is 13.1. The first-order valence-corrected chi connectivity index (χ1v) is 5.55. The highest BCUT2D eigenvalue weighted by atomic mass is 19.1. The molecule has 0 aromatic heterocycles. The minimum Gasteiger partial charge on any atom is -0.380 e. The largest absolute Gasteiger partial charge is 0.380 e. The van der Waals surface area contributed by atoms with E-state index < -0.39 is 0 Å². The number of hydrogen-bond acceptors (Lipinski definition) is 2. The molecule has 0 spiro atoms. The third-order valence-electron chi connectivity index (χ3n) is 2.93. The first-order chi connectivity index (χ1) is 7.54. The molecule has 0 saturated heterocycles. The molecule has 0 fully saturated rings. The molecular weight excluding hydrogens is 205 g/mol. The third kappa shape index (κ3) is 3.58. The number of benzene rings is 1. The Kier molecular flexibility index (Phi) is 4.90. The summed E-state index contributed by atoms with van der Waals surface area (Å²) in [6.45, 7) is 6.61. The predicted molar refractivity (Wildman–Crippen MR) is 63.9 cm³/mol. The number of aryl methyl sites for hydroxylation is 1. The van der Waals surface area contributed by atoms with Gasteiger partial charge in [0.15, 0.2) is 0 Å². The van der Waals surface area contributed by atoms with Gasteiger partial charge in [-0.1, -0.05) is 12.1 Å². The van der Waals surface area contributed by atoms with Gasteiger partial charge in [-0.2, -0.15) is 0 Å². The molecule has 2 atom stereocenters. The van der Waals surface area contributed by atoms with Crippen LogP contribution in [0.1, 0.15) is 25.0 Å². The zero-order valence-corrected chi connectivity index (χ0v) is 10.4. The van der Waals surface area contributed by atoms with E-state index in [1.165, 1.54) is 6.07 Å². The smallest absolute Gasteiger partial charge is 0.126 e. The zero-order chi connectivity index (χ0) is 12.1. The molecule has 0 bridgehead atoms. The fourth-order valence-electron chi connectivity index (χ4n) is 1.47. The summed E-state index contributed by atoms with van der Waals surface area (Å²) in [4.78, 5) is 0. The van der Waals surface area contributed by atoms with E-state index in [2.05, 4.69) is 12.2 Å². The number of halogens is 1. The van der Waals surface area contributed by atoms with Gasteiger partial charge in [0.1, 0.15) is 5.82 Å². The molecule has 0 saturated carbocycles. The number of nitrogens with one attached hydrogen (secondary N) is 1. The summed E-state index contributed by atoms with van der Waals surface area (Å²) in [5, 5.41) is 3.35. The van der Waals surface area contributed by atoms with Crippen LogP contribution in [0, 0.1) is 12.7 Å². The fourth-order valence-corrected chi connectivity index (χ4v) is 1.47. The highest BCUT2D eigenvalue weighted by Gasteiger charge is 2.10. The number of hydrogen-bond donors (Lipinski definition) is 1. The van der Waals surface area contributed by atoms with Crippen LogP contribution in [0.3, 0.4) is 0 Å². The SMILES string of the molecule is COC(C)C(C)NCc1ccc(F)c(C)c1. The van der Waals surface area contributed by atoms with Crippen molar-refractivity contribution in [3.8, 4) is 0 Å². The van der Waals surface area contributed by atoms with Gasteiger partial charge in [-0.25, -0.2) is 4.39 Å². The maximum absolute atomic E-state index is 13.0. The summed E-state index contributed by atoms with van der Waals surface area (Å²) in [6.07, 6.45) is 0.168. The molecular formula is C13H20FNO. The summed E-state index contributed by atoms with van der Waals surface area (Å²) >= 11 is 0. The van der Waals surface area contributed by atoms with Gasteiger partial charge in [-0.05, 0) is 38.0 Å². The van der Waals surface area contributed by atoms with Gasteiger partial charge >= 0.3 is 0 Å². The maximum atomic E-state index is 13.0. The second kappa shape index (κ2) is 5.97. The van der Waals surface area contributed by atoms with E-state index in [0.717, 1.165) is 12.1 Å². The highest BCUT2D eigenvalue weighted by molar-refractivity contribution is 5.23. The van der Waals surface area contributed by atoms with Crippen molar-refractivity contribution in [3.05, 3.63) is 35.1 Å². The Balaban J connectivity index is 2.51. The van der Waals surface area contributed by atoms with Crippen molar-refractivity contribution in [1.29, 1.82) is 0 Å². The van der Waals surface area contributed by atoms with Gasteiger partial charge in [0, 0.05) is 19.7 Å². The molecule has 0 amide bonds. The minimum atomic E-state index is -0.151. The van der Waals surface area contributed by atoms with Crippen LogP contribution in [-0.2, 0) is 11.3 Å². The van der Waals surface area contributed by atoms with Gasteiger partial charge in [0.2, 0.25) is 0 Å². The first-order valence-electron chi connectivity index (χ1n) is 5.55. The summed E-state index contributed by atoms with van der Waals surface area (Å²) < 4.78 is 18.3. The minimum absolute atomic E-state index is 0.151. The fraction of sp³-hybridized carbons (Fsp3) is 0.538. The second-order valence-corrected chi connectivity index (χ2v) is 4.19. The number of ether oxygens (including phenoxy) is 1. The molecule has 1 aromatic carbocycles. The van der Waals surface area contributed by atoms with Crippen LogP contribution in [0.2, 0.25) is 0 Å².